The molecule has 0 bridgehead atoms. The summed E-state index contributed by atoms with van der Waals surface area (Å²) in [6, 6.07) is 16.2. The second kappa shape index (κ2) is 9.78. The monoisotopic (exact) mass is 434 g/mol. The molecule has 2 aromatic carbocycles. The molecule has 3 N–H and O–H groups in total. The Morgan fingerprint density at radius 1 is 1.13 bits per heavy atom. The van der Waals surface area contributed by atoms with Crippen LogP contribution in [0, 0.1) is 0 Å². The van der Waals surface area contributed by atoms with Gasteiger partial charge in [0, 0.05) is 30.1 Å². The summed E-state index contributed by atoms with van der Waals surface area (Å²) in [4.78, 5) is 27.5. The van der Waals surface area contributed by atoms with E-state index in [2.05, 4.69) is 39.3 Å². The van der Waals surface area contributed by atoms with Crippen LogP contribution in [0.25, 0.3) is 0 Å². The molecule has 0 saturated carbocycles. The van der Waals surface area contributed by atoms with Gasteiger partial charge < -0.3 is 16.0 Å². The van der Waals surface area contributed by atoms with Gasteiger partial charge in [-0.25, -0.2) is 0 Å². The first kappa shape index (κ1) is 21.1. The van der Waals surface area contributed by atoms with Crippen molar-refractivity contribution in [2.75, 3.05) is 28.2 Å². The van der Waals surface area contributed by atoms with E-state index in [0.717, 1.165) is 30.8 Å². The zero-order chi connectivity index (χ0) is 21.6. The molecule has 0 fully saturated rings. The minimum atomic E-state index is 0.158. The number of anilines is 4. The highest BCUT2D eigenvalue weighted by molar-refractivity contribution is 7.98. The Labute approximate surface area is 186 Å². The topological polar surface area (TPSA) is 97.0 Å². The van der Waals surface area contributed by atoms with Gasteiger partial charge in [-0.3, -0.25) is 4.79 Å². The van der Waals surface area contributed by atoms with Crippen LogP contribution in [0.15, 0.2) is 48.5 Å². The summed E-state index contributed by atoms with van der Waals surface area (Å²) in [5, 5.41) is 3.25. The van der Waals surface area contributed by atoms with Gasteiger partial charge in [0.25, 0.3) is 0 Å². The number of nitrogens with one attached hydrogen (secondary N) is 1. The first-order chi connectivity index (χ1) is 15.1. The van der Waals surface area contributed by atoms with Gasteiger partial charge in [0.1, 0.15) is 5.82 Å². The summed E-state index contributed by atoms with van der Waals surface area (Å²) in [6.07, 6.45) is 2.31. The fourth-order valence-electron chi connectivity index (χ4n) is 3.68. The maximum Gasteiger partial charge on any atom is 0.232 e. The highest BCUT2D eigenvalue weighted by atomic mass is 32.2. The van der Waals surface area contributed by atoms with Crippen molar-refractivity contribution in [1.82, 2.24) is 15.0 Å². The SMILES string of the molecule is CCc1ccccc1Nc1nc(N)nc(CSCCC(=O)N2CCc3ccccc32)n1. The number of nitrogens with two attached hydrogens (primary N) is 1. The third-order valence-electron chi connectivity index (χ3n) is 5.22. The van der Waals surface area contributed by atoms with E-state index in [1.165, 1.54) is 11.1 Å². The van der Waals surface area contributed by atoms with Gasteiger partial charge in [-0.05, 0) is 36.1 Å². The van der Waals surface area contributed by atoms with Gasteiger partial charge in [0.05, 0.1) is 5.75 Å². The summed E-state index contributed by atoms with van der Waals surface area (Å²) >= 11 is 1.62. The van der Waals surface area contributed by atoms with Crippen LogP contribution < -0.4 is 16.0 Å². The third kappa shape index (κ3) is 5.14. The number of nitrogen functional groups attached to an aromatic ring is 1. The van der Waals surface area contributed by atoms with E-state index in [9.17, 15) is 4.79 Å². The first-order valence-electron chi connectivity index (χ1n) is 10.5. The second-order valence-electron chi connectivity index (χ2n) is 7.30. The van der Waals surface area contributed by atoms with E-state index >= 15 is 0 Å². The zero-order valence-electron chi connectivity index (χ0n) is 17.5. The van der Waals surface area contributed by atoms with E-state index in [0.29, 0.717) is 29.7 Å². The Kier molecular flexibility index (Phi) is 6.66. The minimum absolute atomic E-state index is 0.158. The van der Waals surface area contributed by atoms with Crippen molar-refractivity contribution >= 4 is 40.9 Å². The fourth-order valence-corrected chi connectivity index (χ4v) is 4.46. The van der Waals surface area contributed by atoms with Gasteiger partial charge >= 0.3 is 0 Å². The lowest BCUT2D eigenvalue weighted by Crippen LogP contribution is -2.29. The van der Waals surface area contributed by atoms with Gasteiger partial charge in [0.2, 0.25) is 17.8 Å². The fraction of sp³-hybridized carbons (Fsp3) is 0.304. The molecule has 7 nitrogen and oxygen atoms in total. The normalized spacial score (nSPS) is 12.6. The molecular formula is C23H26N6OS. The Balaban J connectivity index is 1.31. The van der Waals surface area contributed by atoms with Crippen LogP contribution in [0.5, 0.6) is 0 Å². The van der Waals surface area contributed by atoms with Gasteiger partial charge in [-0.2, -0.15) is 26.7 Å². The summed E-state index contributed by atoms with van der Waals surface area (Å²) in [6.45, 7) is 2.87. The molecule has 0 unspecified atom stereocenters. The first-order valence-corrected chi connectivity index (χ1v) is 11.6. The van der Waals surface area contributed by atoms with E-state index in [4.69, 9.17) is 5.73 Å². The number of rotatable bonds is 8. The van der Waals surface area contributed by atoms with Gasteiger partial charge in [0.15, 0.2) is 0 Å². The number of hydrogen-bond acceptors (Lipinski definition) is 7. The molecule has 3 aromatic rings. The average Bonchev–Trinajstić information content (AvgIpc) is 3.21. The number of aromatic nitrogens is 3. The van der Waals surface area contributed by atoms with Crippen LogP contribution in [0.3, 0.4) is 0 Å². The maximum atomic E-state index is 12.6. The molecule has 8 heteroatoms. The molecule has 4 rings (SSSR count). The molecule has 0 saturated heterocycles. The minimum Gasteiger partial charge on any atom is -0.368 e. The summed E-state index contributed by atoms with van der Waals surface area (Å²) < 4.78 is 0. The van der Waals surface area contributed by atoms with E-state index in [1.807, 2.05) is 41.3 Å². The number of para-hydroxylation sites is 2. The largest absolute Gasteiger partial charge is 0.368 e. The number of thioether (sulfide) groups is 1. The predicted molar refractivity (Wildman–Crippen MR) is 127 cm³/mol. The summed E-state index contributed by atoms with van der Waals surface area (Å²) in [7, 11) is 0. The third-order valence-corrected chi connectivity index (χ3v) is 6.18. The molecule has 1 aliphatic heterocycles. The summed E-state index contributed by atoms with van der Waals surface area (Å²) in [5.74, 6) is 2.66. The number of benzene rings is 2. The molecule has 0 atom stereocenters. The van der Waals surface area contributed by atoms with Crippen molar-refractivity contribution < 1.29 is 4.79 Å². The smallest absolute Gasteiger partial charge is 0.232 e. The Bertz CT molecular complexity index is 1070. The summed E-state index contributed by atoms with van der Waals surface area (Å²) in [5.41, 5.74) is 10.3. The van der Waals surface area contributed by atoms with Crippen molar-refractivity contribution in [1.29, 1.82) is 0 Å². The van der Waals surface area contributed by atoms with Gasteiger partial charge in [-0.1, -0.05) is 43.3 Å². The highest BCUT2D eigenvalue weighted by Gasteiger charge is 2.23. The van der Waals surface area contributed by atoms with Crippen LogP contribution >= 0.6 is 11.8 Å². The van der Waals surface area contributed by atoms with Crippen molar-refractivity contribution in [3.63, 3.8) is 0 Å². The zero-order valence-corrected chi connectivity index (χ0v) is 18.4. The predicted octanol–water partition coefficient (Wildman–Crippen LogP) is 3.97. The molecule has 0 aliphatic carbocycles. The lowest BCUT2D eigenvalue weighted by atomic mass is 10.1. The maximum absolute atomic E-state index is 12.6. The van der Waals surface area contributed by atoms with Crippen LogP contribution in [0.4, 0.5) is 23.3 Å². The van der Waals surface area contributed by atoms with Gasteiger partial charge in [-0.15, -0.1) is 0 Å². The van der Waals surface area contributed by atoms with Crippen molar-refractivity contribution in [3.8, 4) is 0 Å². The second-order valence-corrected chi connectivity index (χ2v) is 8.40. The van der Waals surface area contributed by atoms with Crippen molar-refractivity contribution in [2.24, 2.45) is 0 Å². The van der Waals surface area contributed by atoms with Crippen LogP contribution in [0.1, 0.15) is 30.3 Å². The molecule has 0 spiro atoms. The van der Waals surface area contributed by atoms with Crippen molar-refractivity contribution in [2.45, 2.75) is 31.9 Å². The number of amides is 1. The quantitative estimate of drug-likeness (QED) is 0.518. The molecule has 0 radical (unpaired) electrons. The molecule has 1 amide bonds. The number of hydrogen-bond donors (Lipinski definition) is 2. The molecular weight excluding hydrogens is 408 g/mol. The number of aryl methyl sites for hydroxylation is 1. The van der Waals surface area contributed by atoms with Crippen molar-refractivity contribution in [3.05, 3.63) is 65.5 Å². The highest BCUT2D eigenvalue weighted by Crippen LogP contribution is 2.28. The molecule has 1 aromatic heterocycles. The Morgan fingerprint density at radius 3 is 2.81 bits per heavy atom. The Morgan fingerprint density at radius 2 is 1.94 bits per heavy atom. The lowest BCUT2D eigenvalue weighted by molar-refractivity contribution is -0.118. The molecule has 160 valence electrons. The Hall–Kier alpha value is -3.13. The molecule has 31 heavy (non-hydrogen) atoms. The van der Waals surface area contributed by atoms with E-state index in [-0.39, 0.29) is 11.9 Å². The molecule has 2 heterocycles. The average molecular weight is 435 g/mol. The number of carbonyl (C=O) groups is 1. The standard InChI is InChI=1S/C23H26N6OS/c1-2-16-7-3-5-9-18(16)25-23-27-20(26-22(24)28-23)15-31-14-12-21(30)29-13-11-17-8-4-6-10-19(17)29/h3-10H,2,11-15H2,1H3,(H3,24,25,26,27,28). The lowest BCUT2D eigenvalue weighted by Gasteiger charge is -2.17. The van der Waals surface area contributed by atoms with E-state index < -0.39 is 0 Å². The number of carbonyl (C=O) groups excluding carboxylic acids is 1. The van der Waals surface area contributed by atoms with E-state index in [1.54, 1.807) is 11.8 Å². The number of fused-ring (bicyclic) bond motifs is 1. The van der Waals surface area contributed by atoms with Crippen LogP contribution in [-0.2, 0) is 23.4 Å². The number of nitrogens with zero attached hydrogens (tertiary/aromatic N) is 4. The molecule has 1 aliphatic rings. The van der Waals surface area contributed by atoms with Crippen LogP contribution in [-0.4, -0.2) is 33.2 Å². The van der Waals surface area contributed by atoms with Crippen LogP contribution in [0.2, 0.25) is 0 Å².